The molecule has 2 aliphatic heterocycles. The van der Waals surface area contributed by atoms with Crippen LogP contribution in [-0.4, -0.2) is 81.3 Å². The van der Waals surface area contributed by atoms with Crippen LogP contribution in [0.2, 0.25) is 0 Å². The van der Waals surface area contributed by atoms with Crippen LogP contribution < -0.4 is 15.4 Å². The number of nitrogens with one attached hydrogen (secondary N) is 2. The van der Waals surface area contributed by atoms with Crippen molar-refractivity contribution >= 4 is 29.9 Å². The van der Waals surface area contributed by atoms with E-state index in [1.54, 1.807) is 7.11 Å². The lowest BCUT2D eigenvalue weighted by Gasteiger charge is -2.49. The maximum atomic E-state index is 5.25. The third kappa shape index (κ3) is 7.79. The highest BCUT2D eigenvalue weighted by Crippen LogP contribution is 2.31. The van der Waals surface area contributed by atoms with Gasteiger partial charge in [0.15, 0.2) is 5.96 Å². The summed E-state index contributed by atoms with van der Waals surface area (Å²) in [6.45, 7) is 9.60. The first-order valence-electron chi connectivity index (χ1n) is 11.7. The molecule has 2 aliphatic rings. The Hall–Kier alpha value is -1.06. The fourth-order valence-electron chi connectivity index (χ4n) is 4.66. The second-order valence-electron chi connectivity index (χ2n) is 8.80. The molecule has 0 spiro atoms. The fourth-order valence-corrected chi connectivity index (χ4v) is 4.66. The van der Waals surface area contributed by atoms with E-state index in [1.165, 1.54) is 63.8 Å². The Balaban J connectivity index is 0.00000341. The zero-order chi connectivity index (χ0) is 21.2. The van der Waals surface area contributed by atoms with Crippen LogP contribution in [0.3, 0.4) is 0 Å². The number of hydrogen-bond acceptors (Lipinski definition) is 4. The molecule has 0 saturated carbocycles. The Morgan fingerprint density at radius 1 is 1.03 bits per heavy atom. The predicted octanol–water partition coefficient (Wildman–Crippen LogP) is 3.36. The first-order valence-corrected chi connectivity index (χ1v) is 11.7. The summed E-state index contributed by atoms with van der Waals surface area (Å²) >= 11 is 0. The summed E-state index contributed by atoms with van der Waals surface area (Å²) in [6, 6.07) is 8.32. The number of halogens is 1. The third-order valence-corrected chi connectivity index (χ3v) is 6.69. The quantitative estimate of drug-likeness (QED) is 0.299. The van der Waals surface area contributed by atoms with E-state index in [0.29, 0.717) is 0 Å². The molecule has 1 aromatic carbocycles. The van der Waals surface area contributed by atoms with Crippen molar-refractivity contribution in [1.29, 1.82) is 0 Å². The monoisotopic (exact) mass is 543 g/mol. The molecule has 7 heteroatoms. The first kappa shape index (κ1) is 26.2. The molecule has 31 heavy (non-hydrogen) atoms. The highest BCUT2D eigenvalue weighted by Gasteiger charge is 2.39. The average molecular weight is 544 g/mol. The number of likely N-dealkylation sites (tertiary alicyclic amines) is 2. The SMILES string of the molecule is CCNC(=NCC1(N2CCCCC2)CCN(C)CC1)NCCc1ccc(OC)cc1.I. The van der Waals surface area contributed by atoms with Gasteiger partial charge in [-0.05, 0) is 90.0 Å². The van der Waals surface area contributed by atoms with Gasteiger partial charge in [-0.15, -0.1) is 24.0 Å². The maximum absolute atomic E-state index is 5.25. The van der Waals surface area contributed by atoms with E-state index in [4.69, 9.17) is 9.73 Å². The molecular weight excluding hydrogens is 501 g/mol. The summed E-state index contributed by atoms with van der Waals surface area (Å²) in [6.07, 6.45) is 7.46. The van der Waals surface area contributed by atoms with Crippen molar-refractivity contribution in [2.24, 2.45) is 4.99 Å². The number of piperidine rings is 2. The van der Waals surface area contributed by atoms with E-state index in [-0.39, 0.29) is 29.5 Å². The van der Waals surface area contributed by atoms with Gasteiger partial charge in [-0.2, -0.15) is 0 Å². The number of benzene rings is 1. The number of aliphatic imine (C=N–C) groups is 1. The van der Waals surface area contributed by atoms with Gasteiger partial charge in [0.1, 0.15) is 5.75 Å². The highest BCUT2D eigenvalue weighted by atomic mass is 127. The second kappa shape index (κ2) is 13.5. The van der Waals surface area contributed by atoms with Gasteiger partial charge in [0.05, 0.1) is 13.7 Å². The van der Waals surface area contributed by atoms with Gasteiger partial charge in [0.2, 0.25) is 0 Å². The predicted molar refractivity (Wildman–Crippen MR) is 141 cm³/mol. The molecule has 3 rings (SSSR count). The standard InChI is InChI=1S/C24H41N5O.HI/c1-4-25-23(26-15-12-21-8-10-22(30-3)11-9-21)27-20-24(13-18-28(2)19-14-24)29-16-6-5-7-17-29;/h8-11H,4-7,12-20H2,1-3H3,(H2,25,26,27);1H. The molecule has 0 bridgehead atoms. The number of guanidine groups is 1. The Morgan fingerprint density at radius 2 is 1.71 bits per heavy atom. The summed E-state index contributed by atoms with van der Waals surface area (Å²) < 4.78 is 5.25. The van der Waals surface area contributed by atoms with Crippen LogP contribution in [0.4, 0.5) is 0 Å². The smallest absolute Gasteiger partial charge is 0.191 e. The molecule has 0 aliphatic carbocycles. The van der Waals surface area contributed by atoms with Crippen molar-refractivity contribution in [2.75, 3.05) is 60.0 Å². The number of methoxy groups -OCH3 is 1. The van der Waals surface area contributed by atoms with Gasteiger partial charge >= 0.3 is 0 Å². The molecule has 0 aromatic heterocycles. The van der Waals surface area contributed by atoms with E-state index in [2.05, 4.69) is 46.5 Å². The van der Waals surface area contributed by atoms with Crippen molar-refractivity contribution in [3.8, 4) is 5.75 Å². The van der Waals surface area contributed by atoms with Crippen molar-refractivity contribution < 1.29 is 4.74 Å². The lowest BCUT2D eigenvalue weighted by Crippen LogP contribution is -2.58. The molecule has 2 N–H and O–H groups in total. The topological polar surface area (TPSA) is 52.1 Å². The van der Waals surface area contributed by atoms with Crippen molar-refractivity contribution in [2.45, 2.75) is 51.0 Å². The molecule has 0 radical (unpaired) electrons. The second-order valence-corrected chi connectivity index (χ2v) is 8.80. The Labute approximate surface area is 206 Å². The largest absolute Gasteiger partial charge is 0.497 e. The zero-order valence-electron chi connectivity index (χ0n) is 19.7. The number of nitrogens with zero attached hydrogens (tertiary/aromatic N) is 3. The van der Waals surface area contributed by atoms with E-state index < -0.39 is 0 Å². The van der Waals surface area contributed by atoms with Crippen LogP contribution >= 0.6 is 24.0 Å². The number of hydrogen-bond donors (Lipinski definition) is 2. The Kier molecular flexibility index (Phi) is 11.4. The molecule has 2 fully saturated rings. The third-order valence-electron chi connectivity index (χ3n) is 6.69. The highest BCUT2D eigenvalue weighted by molar-refractivity contribution is 14.0. The van der Waals surface area contributed by atoms with E-state index in [0.717, 1.165) is 37.8 Å². The van der Waals surface area contributed by atoms with Gasteiger partial charge < -0.3 is 20.3 Å². The summed E-state index contributed by atoms with van der Waals surface area (Å²) in [7, 11) is 3.95. The van der Waals surface area contributed by atoms with E-state index in [1.807, 2.05) is 12.1 Å². The Bertz CT molecular complexity index is 652. The molecule has 176 valence electrons. The molecule has 0 unspecified atom stereocenters. The summed E-state index contributed by atoms with van der Waals surface area (Å²) in [5.41, 5.74) is 1.53. The molecule has 0 atom stereocenters. The molecule has 2 saturated heterocycles. The van der Waals surface area contributed by atoms with Crippen LogP contribution in [0.25, 0.3) is 0 Å². The van der Waals surface area contributed by atoms with Gasteiger partial charge in [-0.1, -0.05) is 18.6 Å². The van der Waals surface area contributed by atoms with Crippen LogP contribution in [0, 0.1) is 0 Å². The van der Waals surface area contributed by atoms with Gasteiger partial charge in [0, 0.05) is 18.6 Å². The number of rotatable bonds is 8. The zero-order valence-corrected chi connectivity index (χ0v) is 22.0. The maximum Gasteiger partial charge on any atom is 0.191 e. The van der Waals surface area contributed by atoms with Gasteiger partial charge in [0.25, 0.3) is 0 Å². The Morgan fingerprint density at radius 3 is 2.32 bits per heavy atom. The van der Waals surface area contributed by atoms with E-state index in [9.17, 15) is 0 Å². The fraction of sp³-hybridized carbons (Fsp3) is 0.708. The van der Waals surface area contributed by atoms with Crippen molar-refractivity contribution in [3.05, 3.63) is 29.8 Å². The van der Waals surface area contributed by atoms with Crippen molar-refractivity contribution in [1.82, 2.24) is 20.4 Å². The van der Waals surface area contributed by atoms with E-state index >= 15 is 0 Å². The molecule has 2 heterocycles. The molecule has 6 nitrogen and oxygen atoms in total. The van der Waals surface area contributed by atoms with Crippen LogP contribution in [-0.2, 0) is 6.42 Å². The lowest BCUT2D eigenvalue weighted by atomic mass is 9.84. The van der Waals surface area contributed by atoms with Crippen LogP contribution in [0.15, 0.2) is 29.3 Å². The summed E-state index contributed by atoms with van der Waals surface area (Å²) in [4.78, 5) is 10.3. The molecule has 0 amide bonds. The van der Waals surface area contributed by atoms with Gasteiger partial charge in [-0.3, -0.25) is 9.89 Å². The molecular formula is C24H42IN5O. The van der Waals surface area contributed by atoms with Crippen molar-refractivity contribution in [3.63, 3.8) is 0 Å². The lowest BCUT2D eigenvalue weighted by molar-refractivity contribution is 0.0208. The minimum absolute atomic E-state index is 0. The summed E-state index contributed by atoms with van der Waals surface area (Å²) in [5, 5.41) is 6.99. The first-order chi connectivity index (χ1) is 14.6. The summed E-state index contributed by atoms with van der Waals surface area (Å²) in [5.74, 6) is 1.85. The number of ether oxygens (including phenoxy) is 1. The average Bonchev–Trinajstić information content (AvgIpc) is 2.80. The van der Waals surface area contributed by atoms with Crippen LogP contribution in [0.5, 0.6) is 5.75 Å². The van der Waals surface area contributed by atoms with Crippen LogP contribution in [0.1, 0.15) is 44.6 Å². The minimum Gasteiger partial charge on any atom is -0.497 e. The molecule has 1 aromatic rings. The minimum atomic E-state index is 0. The van der Waals surface area contributed by atoms with Gasteiger partial charge in [-0.25, -0.2) is 0 Å². The normalized spacial score (nSPS) is 20.0.